The fraction of sp³-hybridized carbons (Fsp3) is 0.600. The van der Waals surface area contributed by atoms with Crippen molar-refractivity contribution in [3.63, 3.8) is 0 Å². The smallest absolute Gasteiger partial charge is 0.382 e. The molecule has 1 rings (SSSR count). The van der Waals surface area contributed by atoms with E-state index in [9.17, 15) is 31.1 Å². The van der Waals surface area contributed by atoms with E-state index in [1.807, 2.05) is 0 Å². The molecule has 0 amide bonds. The molecular weight excluding hydrogens is 328 g/mol. The minimum Gasteiger partial charge on any atom is -0.382 e. The Kier molecular flexibility index (Phi) is 5.48. The number of hydrogen-bond donors (Lipinski definition) is 1. The van der Waals surface area contributed by atoms with Gasteiger partial charge in [0.05, 0.1) is 11.9 Å². The molecule has 0 aromatic carbocycles. The summed E-state index contributed by atoms with van der Waals surface area (Å²) < 4.78 is 72.3. The largest absolute Gasteiger partial charge is 0.408 e. The lowest BCUT2D eigenvalue weighted by atomic mass is 10.3. The van der Waals surface area contributed by atoms with Crippen molar-refractivity contribution in [2.24, 2.45) is 0 Å². The fourth-order valence-corrected chi connectivity index (χ4v) is 1.60. The third-order valence-corrected chi connectivity index (χ3v) is 2.63. The first-order chi connectivity index (χ1) is 9.49. The molecule has 21 heavy (non-hydrogen) atoms. The number of halogens is 7. The van der Waals surface area contributed by atoms with Gasteiger partial charge in [0.25, 0.3) is 5.56 Å². The summed E-state index contributed by atoms with van der Waals surface area (Å²) in [6, 6.07) is 0. The van der Waals surface area contributed by atoms with Crippen molar-refractivity contribution in [3.05, 3.63) is 21.6 Å². The standard InChI is InChI=1S/C10H10ClF6N3O/c11-7-6(18-3-1-2-9(12,13)14)4-19-20(8(7)21)5-10(15,16)17/h4,18H,1-3,5H2. The molecule has 0 unspecified atom stereocenters. The Morgan fingerprint density at radius 2 is 1.81 bits per heavy atom. The van der Waals surface area contributed by atoms with Crippen LogP contribution in [-0.2, 0) is 6.54 Å². The zero-order chi connectivity index (χ0) is 16.3. The number of rotatable bonds is 5. The number of nitrogens with one attached hydrogen (secondary N) is 1. The van der Waals surface area contributed by atoms with Crippen LogP contribution in [0.4, 0.5) is 32.0 Å². The van der Waals surface area contributed by atoms with Gasteiger partial charge in [0.1, 0.15) is 11.6 Å². The Balaban J connectivity index is 2.70. The molecule has 0 fully saturated rings. The quantitative estimate of drug-likeness (QED) is 0.663. The van der Waals surface area contributed by atoms with E-state index in [2.05, 4.69) is 10.4 Å². The van der Waals surface area contributed by atoms with Gasteiger partial charge in [0, 0.05) is 13.0 Å². The van der Waals surface area contributed by atoms with E-state index in [0.717, 1.165) is 6.20 Å². The molecule has 1 aromatic heterocycles. The number of anilines is 1. The first-order valence-corrected chi connectivity index (χ1v) is 6.00. The molecule has 11 heteroatoms. The lowest BCUT2D eigenvalue weighted by molar-refractivity contribution is -0.143. The van der Waals surface area contributed by atoms with Crippen LogP contribution in [0, 0.1) is 0 Å². The van der Waals surface area contributed by atoms with E-state index < -0.39 is 35.9 Å². The van der Waals surface area contributed by atoms with Crippen molar-refractivity contribution in [3.8, 4) is 0 Å². The summed E-state index contributed by atoms with van der Waals surface area (Å²) in [5.41, 5.74) is -1.28. The van der Waals surface area contributed by atoms with Crippen LogP contribution < -0.4 is 10.9 Å². The SMILES string of the molecule is O=c1c(Cl)c(NCCCC(F)(F)F)cnn1CC(F)(F)F. The average Bonchev–Trinajstić information content (AvgIpc) is 2.30. The molecule has 120 valence electrons. The molecule has 0 aliphatic carbocycles. The van der Waals surface area contributed by atoms with Gasteiger partial charge in [0.15, 0.2) is 0 Å². The Morgan fingerprint density at radius 1 is 1.19 bits per heavy atom. The van der Waals surface area contributed by atoms with E-state index in [0.29, 0.717) is 0 Å². The van der Waals surface area contributed by atoms with Gasteiger partial charge in [-0.05, 0) is 6.42 Å². The maximum Gasteiger partial charge on any atom is 0.408 e. The Hall–Kier alpha value is -1.45. The third kappa shape index (κ3) is 6.23. The monoisotopic (exact) mass is 337 g/mol. The van der Waals surface area contributed by atoms with E-state index in [4.69, 9.17) is 11.6 Å². The van der Waals surface area contributed by atoms with Crippen LogP contribution in [0.3, 0.4) is 0 Å². The summed E-state index contributed by atoms with van der Waals surface area (Å²) in [6.45, 7) is -1.75. The maximum atomic E-state index is 12.1. The highest BCUT2D eigenvalue weighted by molar-refractivity contribution is 6.32. The van der Waals surface area contributed by atoms with Crippen LogP contribution in [0.1, 0.15) is 12.8 Å². The van der Waals surface area contributed by atoms with E-state index in [1.165, 1.54) is 0 Å². The second kappa shape index (κ2) is 6.54. The number of hydrogen-bond acceptors (Lipinski definition) is 3. The molecule has 1 N–H and O–H groups in total. The average molecular weight is 338 g/mol. The molecule has 0 aliphatic heterocycles. The molecule has 4 nitrogen and oxygen atoms in total. The normalized spacial score (nSPS) is 12.5. The van der Waals surface area contributed by atoms with Crippen molar-refractivity contribution >= 4 is 17.3 Å². The molecule has 1 heterocycles. The zero-order valence-electron chi connectivity index (χ0n) is 10.4. The second-order valence-electron chi connectivity index (χ2n) is 4.10. The summed E-state index contributed by atoms with van der Waals surface area (Å²) in [6.07, 6.45) is -9.38. The first kappa shape index (κ1) is 17.6. The van der Waals surface area contributed by atoms with Crippen LogP contribution in [0.25, 0.3) is 0 Å². The molecule has 0 spiro atoms. The van der Waals surface area contributed by atoms with Gasteiger partial charge in [-0.25, -0.2) is 4.68 Å². The number of aromatic nitrogens is 2. The van der Waals surface area contributed by atoms with Crippen LogP contribution in [-0.4, -0.2) is 28.7 Å². The van der Waals surface area contributed by atoms with Crippen molar-refractivity contribution < 1.29 is 26.3 Å². The minimum atomic E-state index is -4.64. The Bertz CT molecular complexity index is 539. The van der Waals surface area contributed by atoms with Crippen LogP contribution in [0.2, 0.25) is 5.02 Å². The molecule has 1 aromatic rings. The van der Waals surface area contributed by atoms with Gasteiger partial charge in [-0.1, -0.05) is 11.6 Å². The van der Waals surface area contributed by atoms with Gasteiger partial charge in [0.2, 0.25) is 0 Å². The van der Waals surface area contributed by atoms with Crippen LogP contribution in [0.5, 0.6) is 0 Å². The summed E-state index contributed by atoms with van der Waals surface area (Å²) in [7, 11) is 0. The maximum absolute atomic E-state index is 12.1. The van der Waals surface area contributed by atoms with Gasteiger partial charge >= 0.3 is 12.4 Å². The highest BCUT2D eigenvalue weighted by Gasteiger charge is 2.30. The van der Waals surface area contributed by atoms with E-state index in [-0.39, 0.29) is 23.3 Å². The van der Waals surface area contributed by atoms with Crippen LogP contribution >= 0.6 is 11.6 Å². The molecule has 0 saturated carbocycles. The topological polar surface area (TPSA) is 46.9 Å². The third-order valence-electron chi connectivity index (χ3n) is 2.27. The van der Waals surface area contributed by atoms with Crippen molar-refractivity contribution in [1.29, 1.82) is 0 Å². The number of nitrogens with zero attached hydrogens (tertiary/aromatic N) is 2. The predicted molar refractivity (Wildman–Crippen MR) is 63.3 cm³/mol. The highest BCUT2D eigenvalue weighted by Crippen LogP contribution is 2.22. The van der Waals surface area contributed by atoms with Gasteiger partial charge < -0.3 is 5.32 Å². The molecule has 0 saturated heterocycles. The summed E-state index contributed by atoms with van der Waals surface area (Å²) >= 11 is 5.57. The van der Waals surface area contributed by atoms with Crippen LogP contribution in [0.15, 0.2) is 11.0 Å². The summed E-state index contributed by atoms with van der Waals surface area (Å²) in [4.78, 5) is 11.5. The Morgan fingerprint density at radius 3 is 2.33 bits per heavy atom. The highest BCUT2D eigenvalue weighted by atomic mass is 35.5. The predicted octanol–water partition coefficient (Wildman–Crippen LogP) is 3.21. The molecule has 0 atom stereocenters. The van der Waals surface area contributed by atoms with E-state index >= 15 is 0 Å². The zero-order valence-corrected chi connectivity index (χ0v) is 11.1. The van der Waals surface area contributed by atoms with Gasteiger partial charge in [-0.2, -0.15) is 31.4 Å². The van der Waals surface area contributed by atoms with Crippen molar-refractivity contribution in [2.45, 2.75) is 31.7 Å². The number of alkyl halides is 6. The van der Waals surface area contributed by atoms with Crippen molar-refractivity contribution in [1.82, 2.24) is 9.78 Å². The molecule has 0 aliphatic rings. The lowest BCUT2D eigenvalue weighted by Crippen LogP contribution is -2.31. The molecule has 0 bridgehead atoms. The molecular formula is C10H10ClF6N3O. The van der Waals surface area contributed by atoms with Gasteiger partial charge in [-0.3, -0.25) is 4.79 Å². The fourth-order valence-electron chi connectivity index (χ4n) is 1.38. The van der Waals surface area contributed by atoms with Gasteiger partial charge in [-0.15, -0.1) is 0 Å². The Labute approximate surface area is 119 Å². The lowest BCUT2D eigenvalue weighted by Gasteiger charge is -2.12. The van der Waals surface area contributed by atoms with Crippen molar-refractivity contribution in [2.75, 3.05) is 11.9 Å². The van der Waals surface area contributed by atoms with E-state index in [1.54, 1.807) is 0 Å². The first-order valence-electron chi connectivity index (χ1n) is 5.62. The summed E-state index contributed by atoms with van der Waals surface area (Å²) in [5.74, 6) is 0. The second-order valence-corrected chi connectivity index (χ2v) is 4.47. The summed E-state index contributed by atoms with van der Waals surface area (Å²) in [5, 5.41) is 5.14. The molecule has 0 radical (unpaired) electrons. The minimum absolute atomic E-state index is 0.109.